The molecular formula is C26H20Cl2F3N6P. The van der Waals surface area contributed by atoms with Crippen LogP contribution in [0.2, 0.25) is 10.0 Å². The summed E-state index contributed by atoms with van der Waals surface area (Å²) in [4.78, 5) is 8.82. The number of hydrogen-bond donors (Lipinski definition) is 3. The van der Waals surface area contributed by atoms with Gasteiger partial charge in [-0.2, -0.15) is 23.3 Å². The summed E-state index contributed by atoms with van der Waals surface area (Å²) >= 11 is 12.2. The van der Waals surface area contributed by atoms with E-state index in [9.17, 15) is 13.2 Å². The van der Waals surface area contributed by atoms with Crippen LogP contribution in [0.15, 0.2) is 66.9 Å². The van der Waals surface area contributed by atoms with Crippen LogP contribution in [-0.4, -0.2) is 33.5 Å². The molecule has 0 spiro atoms. The zero-order chi connectivity index (χ0) is 27.0. The quantitative estimate of drug-likeness (QED) is 0.178. The van der Waals surface area contributed by atoms with E-state index in [1.165, 1.54) is 23.6 Å². The molecule has 0 fully saturated rings. The van der Waals surface area contributed by atoms with Gasteiger partial charge in [0.25, 0.3) is 0 Å². The summed E-state index contributed by atoms with van der Waals surface area (Å²) in [6, 6.07) is 17.0. The molecule has 0 unspecified atom stereocenters. The Morgan fingerprint density at radius 3 is 2.47 bits per heavy atom. The lowest BCUT2D eigenvalue weighted by Crippen LogP contribution is -2.09. The van der Waals surface area contributed by atoms with E-state index in [2.05, 4.69) is 50.2 Å². The Morgan fingerprint density at radius 1 is 0.921 bits per heavy atom. The van der Waals surface area contributed by atoms with Gasteiger partial charge in [-0.3, -0.25) is 5.10 Å². The second-order valence-electron chi connectivity index (χ2n) is 8.58. The van der Waals surface area contributed by atoms with E-state index in [1.807, 2.05) is 18.2 Å². The molecule has 0 saturated carbocycles. The number of aromatic amines is 1. The average molecular weight is 575 g/mol. The molecule has 5 rings (SSSR count). The maximum absolute atomic E-state index is 13.4. The summed E-state index contributed by atoms with van der Waals surface area (Å²) < 4.78 is 40.2. The van der Waals surface area contributed by atoms with Crippen molar-refractivity contribution in [2.45, 2.75) is 6.18 Å². The predicted molar refractivity (Wildman–Crippen MR) is 150 cm³/mol. The van der Waals surface area contributed by atoms with Crippen molar-refractivity contribution in [1.82, 2.24) is 20.2 Å². The van der Waals surface area contributed by atoms with Gasteiger partial charge in [-0.15, -0.1) is 0 Å². The molecule has 0 bridgehead atoms. The zero-order valence-electron chi connectivity index (χ0n) is 20.0. The molecule has 12 heteroatoms. The van der Waals surface area contributed by atoms with Crippen LogP contribution >= 0.6 is 31.1 Å². The van der Waals surface area contributed by atoms with Crippen LogP contribution in [0.25, 0.3) is 22.2 Å². The molecule has 0 aliphatic heterocycles. The Bertz CT molecular complexity index is 1640. The number of halogens is 5. The van der Waals surface area contributed by atoms with E-state index >= 15 is 0 Å². The first-order chi connectivity index (χ1) is 18.1. The van der Waals surface area contributed by atoms with Crippen molar-refractivity contribution in [2.24, 2.45) is 0 Å². The average Bonchev–Trinajstić information content (AvgIpc) is 3.29. The first-order valence-electron chi connectivity index (χ1n) is 11.3. The van der Waals surface area contributed by atoms with Crippen LogP contribution in [0.4, 0.5) is 36.3 Å². The third-order valence-electron chi connectivity index (χ3n) is 5.75. The van der Waals surface area contributed by atoms with Crippen LogP contribution in [0.5, 0.6) is 0 Å². The largest absolute Gasteiger partial charge is 0.417 e. The summed E-state index contributed by atoms with van der Waals surface area (Å²) in [5, 5.41) is 15.3. The lowest BCUT2D eigenvalue weighted by atomic mass is 10.0. The maximum atomic E-state index is 13.4. The molecule has 194 valence electrons. The topological polar surface area (TPSA) is 78.5 Å². The minimum atomic E-state index is -4.58. The lowest BCUT2D eigenvalue weighted by molar-refractivity contribution is -0.137. The van der Waals surface area contributed by atoms with Crippen LogP contribution in [0, 0.1) is 0 Å². The standard InChI is InChI=1S/C26H20Cl2F3N6P/c1-38(2)22-6-4-3-5-21(22)34-24-19(28)13-32-25(35-24)33-15-8-10-20-16(12-15)23(37-36-20)14-7-9-18(27)17(11-14)26(29,30)31/h3-13H,1-2H3,(H,36,37)(H2,32,33,34,35). The summed E-state index contributed by atoms with van der Waals surface area (Å²) in [5.41, 5.74) is 1.91. The highest BCUT2D eigenvalue weighted by Gasteiger charge is 2.33. The van der Waals surface area contributed by atoms with Crippen molar-refractivity contribution in [3.05, 3.63) is 82.5 Å². The Labute approximate surface area is 227 Å². The fourth-order valence-corrected chi connectivity index (χ4v) is 5.30. The minimum absolute atomic E-state index is 0.282. The van der Waals surface area contributed by atoms with Crippen LogP contribution in [0.3, 0.4) is 0 Å². The van der Waals surface area contributed by atoms with Gasteiger partial charge in [0.1, 0.15) is 5.02 Å². The molecule has 0 amide bonds. The Morgan fingerprint density at radius 2 is 1.71 bits per heavy atom. The van der Waals surface area contributed by atoms with Gasteiger partial charge in [0.15, 0.2) is 5.82 Å². The Hall–Kier alpha value is -3.39. The molecule has 2 aromatic heterocycles. The van der Waals surface area contributed by atoms with Crippen molar-refractivity contribution in [3.63, 3.8) is 0 Å². The van der Waals surface area contributed by atoms with E-state index in [1.54, 1.807) is 18.2 Å². The molecule has 0 aliphatic carbocycles. The highest BCUT2D eigenvalue weighted by atomic mass is 35.5. The molecule has 5 aromatic rings. The van der Waals surface area contributed by atoms with Gasteiger partial charge < -0.3 is 10.6 Å². The molecule has 6 nitrogen and oxygen atoms in total. The highest BCUT2D eigenvalue weighted by molar-refractivity contribution is 7.64. The Balaban J connectivity index is 1.46. The summed E-state index contributed by atoms with van der Waals surface area (Å²) in [5.74, 6) is 0.735. The molecule has 0 radical (unpaired) electrons. The monoisotopic (exact) mass is 574 g/mol. The number of H-pyrrole nitrogens is 1. The SMILES string of the molecule is CP(C)c1ccccc1Nc1nc(Nc2ccc3[nH]nc(-c4ccc(Cl)c(C(F)(F)F)c4)c3c2)ncc1Cl. The predicted octanol–water partition coefficient (Wildman–Crippen LogP) is 8.20. The van der Waals surface area contributed by atoms with Crippen molar-refractivity contribution in [1.29, 1.82) is 0 Å². The van der Waals surface area contributed by atoms with Crippen LogP contribution < -0.4 is 15.9 Å². The van der Waals surface area contributed by atoms with E-state index in [0.29, 0.717) is 39.1 Å². The fourth-order valence-electron chi connectivity index (χ4n) is 3.94. The molecule has 3 aromatic carbocycles. The van der Waals surface area contributed by atoms with E-state index < -0.39 is 11.7 Å². The van der Waals surface area contributed by atoms with E-state index in [0.717, 1.165) is 11.8 Å². The number of para-hydroxylation sites is 1. The maximum Gasteiger partial charge on any atom is 0.417 e. The first-order valence-corrected chi connectivity index (χ1v) is 14.3. The molecule has 2 heterocycles. The summed E-state index contributed by atoms with van der Waals surface area (Å²) in [6.07, 6.45) is -3.09. The number of aromatic nitrogens is 4. The van der Waals surface area contributed by atoms with E-state index in [-0.39, 0.29) is 18.5 Å². The summed E-state index contributed by atoms with van der Waals surface area (Å²) in [6.45, 7) is 4.33. The van der Waals surface area contributed by atoms with Gasteiger partial charge in [0.2, 0.25) is 5.95 Å². The molecule has 38 heavy (non-hydrogen) atoms. The second-order valence-corrected chi connectivity index (χ2v) is 11.7. The van der Waals surface area contributed by atoms with Gasteiger partial charge in [-0.05, 0) is 55.0 Å². The number of nitrogens with zero attached hydrogens (tertiary/aromatic N) is 3. The summed E-state index contributed by atoms with van der Waals surface area (Å²) in [7, 11) is -0.358. The zero-order valence-corrected chi connectivity index (χ0v) is 22.4. The van der Waals surface area contributed by atoms with E-state index in [4.69, 9.17) is 23.2 Å². The molecule has 3 N–H and O–H groups in total. The third kappa shape index (κ3) is 5.41. The van der Waals surface area contributed by atoms with Gasteiger partial charge >= 0.3 is 6.18 Å². The van der Waals surface area contributed by atoms with Crippen molar-refractivity contribution in [3.8, 4) is 11.3 Å². The smallest absolute Gasteiger partial charge is 0.338 e. The lowest BCUT2D eigenvalue weighted by Gasteiger charge is -2.15. The van der Waals surface area contributed by atoms with Crippen molar-refractivity contribution in [2.75, 3.05) is 24.0 Å². The van der Waals surface area contributed by atoms with Crippen molar-refractivity contribution < 1.29 is 13.2 Å². The number of rotatable bonds is 6. The fraction of sp³-hybridized carbons (Fsp3) is 0.115. The number of anilines is 4. The van der Waals surface area contributed by atoms with Gasteiger partial charge in [0, 0.05) is 22.3 Å². The number of nitrogens with one attached hydrogen (secondary N) is 3. The Kier molecular flexibility index (Phi) is 7.18. The molecule has 0 atom stereocenters. The highest BCUT2D eigenvalue weighted by Crippen LogP contribution is 2.38. The minimum Gasteiger partial charge on any atom is -0.338 e. The number of hydrogen-bond acceptors (Lipinski definition) is 5. The molecular weight excluding hydrogens is 555 g/mol. The van der Waals surface area contributed by atoms with Crippen LogP contribution in [-0.2, 0) is 6.18 Å². The van der Waals surface area contributed by atoms with Gasteiger partial charge in [-0.25, -0.2) is 4.98 Å². The van der Waals surface area contributed by atoms with Gasteiger partial charge in [-0.1, -0.05) is 55.4 Å². The second kappa shape index (κ2) is 10.4. The molecule has 0 saturated heterocycles. The number of alkyl halides is 3. The number of fused-ring (bicyclic) bond motifs is 1. The third-order valence-corrected chi connectivity index (χ3v) is 7.71. The normalized spacial score (nSPS) is 11.8. The van der Waals surface area contributed by atoms with Crippen molar-refractivity contribution >= 4 is 70.5 Å². The van der Waals surface area contributed by atoms with Gasteiger partial charge in [0.05, 0.1) is 28.0 Å². The molecule has 0 aliphatic rings. The first kappa shape index (κ1) is 26.2. The van der Waals surface area contributed by atoms with Crippen LogP contribution in [0.1, 0.15) is 5.56 Å². The number of benzene rings is 3.